The molecule has 2 aromatic rings. The molecular formula is C28H36ClNO. The maximum Gasteiger partial charge on any atom is 0.133 e. The normalized spacial score (nSPS) is 17.3. The first-order valence-electron chi connectivity index (χ1n) is 11.8. The fraction of sp³-hybridized carbons (Fsp3) is 0.464. The highest BCUT2D eigenvalue weighted by molar-refractivity contribution is 6.30. The van der Waals surface area contributed by atoms with Gasteiger partial charge in [0.05, 0.1) is 0 Å². The minimum atomic E-state index is 0.392. The van der Waals surface area contributed by atoms with Crippen LogP contribution >= 0.6 is 11.6 Å². The van der Waals surface area contributed by atoms with Crippen LogP contribution in [-0.4, -0.2) is 23.8 Å². The molecule has 0 radical (unpaired) electrons. The van der Waals surface area contributed by atoms with Crippen molar-refractivity contribution >= 4 is 23.0 Å². The summed E-state index contributed by atoms with van der Waals surface area (Å²) in [5.74, 6) is 1.04. The molecule has 0 aromatic heterocycles. The van der Waals surface area contributed by atoms with Gasteiger partial charge in [-0.25, -0.2) is 0 Å². The monoisotopic (exact) mass is 437 g/mol. The van der Waals surface area contributed by atoms with Crippen LogP contribution in [0.25, 0.3) is 5.57 Å². The van der Waals surface area contributed by atoms with Crippen molar-refractivity contribution in [3.63, 3.8) is 0 Å². The van der Waals surface area contributed by atoms with Gasteiger partial charge in [0.1, 0.15) is 5.78 Å². The van der Waals surface area contributed by atoms with Crippen LogP contribution in [-0.2, 0) is 11.3 Å². The highest BCUT2D eigenvalue weighted by Gasteiger charge is 2.23. The Morgan fingerprint density at radius 3 is 2.71 bits per heavy atom. The summed E-state index contributed by atoms with van der Waals surface area (Å²) in [7, 11) is 0. The van der Waals surface area contributed by atoms with Crippen molar-refractivity contribution in [2.45, 2.75) is 65.3 Å². The van der Waals surface area contributed by atoms with E-state index in [2.05, 4.69) is 61.2 Å². The first-order chi connectivity index (χ1) is 15.0. The maximum absolute atomic E-state index is 12.7. The Morgan fingerprint density at radius 2 is 1.94 bits per heavy atom. The molecule has 2 aromatic carbocycles. The van der Waals surface area contributed by atoms with Crippen molar-refractivity contribution in [2.75, 3.05) is 13.1 Å². The van der Waals surface area contributed by atoms with Gasteiger partial charge in [-0.05, 0) is 79.5 Å². The summed E-state index contributed by atoms with van der Waals surface area (Å²) >= 11 is 6.24. The van der Waals surface area contributed by atoms with Gasteiger partial charge in [-0.15, -0.1) is 0 Å². The Balaban J connectivity index is 1.46. The molecule has 1 atom stereocenters. The first-order valence-corrected chi connectivity index (χ1v) is 12.2. The number of halogens is 1. The van der Waals surface area contributed by atoms with Crippen LogP contribution in [0.4, 0.5) is 0 Å². The Bertz CT molecular complexity index is 874. The van der Waals surface area contributed by atoms with E-state index in [-0.39, 0.29) is 0 Å². The fourth-order valence-electron chi connectivity index (χ4n) is 4.50. The molecule has 0 amide bonds. The number of aryl methyl sites for hydroxylation is 1. The van der Waals surface area contributed by atoms with Crippen molar-refractivity contribution in [1.29, 1.82) is 0 Å². The lowest BCUT2D eigenvalue weighted by molar-refractivity contribution is -0.119. The van der Waals surface area contributed by atoms with Gasteiger partial charge in [-0.3, -0.25) is 9.69 Å². The van der Waals surface area contributed by atoms with Crippen LogP contribution in [0.2, 0.25) is 5.02 Å². The Morgan fingerprint density at radius 1 is 1.13 bits per heavy atom. The topological polar surface area (TPSA) is 20.3 Å². The third-order valence-electron chi connectivity index (χ3n) is 6.35. The summed E-state index contributed by atoms with van der Waals surface area (Å²) in [5.41, 5.74) is 5.07. The van der Waals surface area contributed by atoms with Crippen molar-refractivity contribution in [2.24, 2.45) is 5.92 Å². The van der Waals surface area contributed by atoms with E-state index in [0.29, 0.717) is 24.5 Å². The third-order valence-corrected chi connectivity index (χ3v) is 6.58. The second-order valence-corrected chi connectivity index (χ2v) is 9.37. The number of carbonyl (C=O) groups excluding carboxylic acids is 1. The molecular weight excluding hydrogens is 402 g/mol. The van der Waals surface area contributed by atoms with E-state index in [4.69, 9.17) is 11.6 Å². The summed E-state index contributed by atoms with van der Waals surface area (Å²) in [5, 5.41) is 0.760. The van der Waals surface area contributed by atoms with E-state index in [1.165, 1.54) is 28.7 Å². The van der Waals surface area contributed by atoms with Gasteiger partial charge in [0.2, 0.25) is 0 Å². The van der Waals surface area contributed by atoms with Crippen molar-refractivity contribution < 1.29 is 4.79 Å². The summed E-state index contributed by atoms with van der Waals surface area (Å²) in [6, 6.07) is 16.7. The van der Waals surface area contributed by atoms with Crippen molar-refractivity contribution in [3.05, 3.63) is 76.3 Å². The number of likely N-dealkylation sites (tertiary alicyclic amines) is 1. The number of ketones is 1. The minimum absolute atomic E-state index is 0.392. The average Bonchev–Trinajstić information content (AvgIpc) is 3.22. The molecule has 1 unspecified atom stereocenters. The molecule has 1 fully saturated rings. The average molecular weight is 438 g/mol. The lowest BCUT2D eigenvalue weighted by Gasteiger charge is -2.16. The Kier molecular flexibility index (Phi) is 9.36. The molecule has 1 aliphatic rings. The first kappa shape index (κ1) is 23.8. The van der Waals surface area contributed by atoms with Crippen molar-refractivity contribution in [3.8, 4) is 0 Å². The fourth-order valence-corrected chi connectivity index (χ4v) is 4.68. The quantitative estimate of drug-likeness (QED) is 0.363. The van der Waals surface area contributed by atoms with Crippen LogP contribution in [0, 0.1) is 12.8 Å². The van der Waals surface area contributed by atoms with Gasteiger partial charge in [0.15, 0.2) is 0 Å². The molecule has 2 nitrogen and oxygen atoms in total. The van der Waals surface area contributed by atoms with Gasteiger partial charge in [0.25, 0.3) is 0 Å². The zero-order valence-electron chi connectivity index (χ0n) is 19.1. The number of hydrogen-bond acceptors (Lipinski definition) is 2. The molecule has 0 aliphatic carbocycles. The molecule has 1 saturated heterocycles. The van der Waals surface area contributed by atoms with Crippen LogP contribution in [0.1, 0.15) is 68.6 Å². The van der Waals surface area contributed by atoms with E-state index in [9.17, 15) is 4.79 Å². The number of carbonyl (C=O) groups is 1. The molecule has 3 rings (SSSR count). The lowest BCUT2D eigenvalue weighted by atomic mass is 9.93. The zero-order chi connectivity index (χ0) is 22.1. The molecule has 0 spiro atoms. The third kappa shape index (κ3) is 7.63. The minimum Gasteiger partial charge on any atom is -0.300 e. The number of allylic oxidation sites excluding steroid dienone is 2. The summed E-state index contributed by atoms with van der Waals surface area (Å²) in [4.78, 5) is 15.2. The van der Waals surface area contributed by atoms with Crippen LogP contribution in [0.15, 0.2) is 54.6 Å². The highest BCUT2D eigenvalue weighted by atomic mass is 35.5. The lowest BCUT2D eigenvalue weighted by Crippen LogP contribution is -2.20. The highest BCUT2D eigenvalue weighted by Crippen LogP contribution is 2.28. The predicted octanol–water partition coefficient (Wildman–Crippen LogP) is 7.48. The molecule has 166 valence electrons. The maximum atomic E-state index is 12.7. The van der Waals surface area contributed by atoms with Gasteiger partial charge < -0.3 is 0 Å². The van der Waals surface area contributed by atoms with Gasteiger partial charge >= 0.3 is 0 Å². The summed E-state index contributed by atoms with van der Waals surface area (Å²) in [6.07, 6.45) is 8.82. The molecule has 31 heavy (non-hydrogen) atoms. The Labute approximate surface area is 193 Å². The molecule has 0 N–H and O–H groups in total. The van der Waals surface area contributed by atoms with E-state index < -0.39 is 0 Å². The molecule has 1 heterocycles. The number of Topliss-reactive ketones (excluding diaryl/α,β-unsaturated/α-hetero) is 1. The molecule has 1 aliphatic heterocycles. The molecule has 0 bridgehead atoms. The second-order valence-electron chi connectivity index (χ2n) is 8.93. The summed E-state index contributed by atoms with van der Waals surface area (Å²) < 4.78 is 0. The largest absolute Gasteiger partial charge is 0.300 e. The molecule has 3 heteroatoms. The van der Waals surface area contributed by atoms with E-state index in [1.54, 1.807) is 0 Å². The number of rotatable bonds is 11. The van der Waals surface area contributed by atoms with Gasteiger partial charge in [-0.1, -0.05) is 67.4 Å². The predicted molar refractivity (Wildman–Crippen MR) is 132 cm³/mol. The number of hydrogen-bond donors (Lipinski definition) is 0. The molecule has 0 saturated carbocycles. The van der Waals surface area contributed by atoms with E-state index >= 15 is 0 Å². The van der Waals surface area contributed by atoms with Crippen LogP contribution in [0.3, 0.4) is 0 Å². The van der Waals surface area contributed by atoms with Gasteiger partial charge in [0, 0.05) is 31.0 Å². The van der Waals surface area contributed by atoms with E-state index in [0.717, 1.165) is 50.3 Å². The standard InChI is InChI=1S/C28H36ClNO/c1-3-4-10-25(28-19-26(29)14-11-22(28)2)13-16-27(31)15-12-24-17-18-30(21-24)20-23-8-6-5-7-9-23/h5-11,14,19,24H,3-4,12-13,15-18,20-21H2,1-2H3. The van der Waals surface area contributed by atoms with E-state index in [1.807, 2.05) is 12.1 Å². The second kappa shape index (κ2) is 12.2. The smallest absolute Gasteiger partial charge is 0.133 e. The SMILES string of the molecule is CCCC=C(CCC(=O)CCC1CCN(Cc2ccccc2)C1)c1cc(Cl)ccc1C. The zero-order valence-corrected chi connectivity index (χ0v) is 19.8. The number of nitrogens with zero attached hydrogens (tertiary/aromatic N) is 1. The summed E-state index contributed by atoms with van der Waals surface area (Å²) in [6.45, 7) is 7.59. The van der Waals surface area contributed by atoms with Crippen molar-refractivity contribution in [1.82, 2.24) is 4.90 Å². The number of benzene rings is 2. The number of unbranched alkanes of at least 4 members (excludes halogenated alkanes) is 1. The van der Waals surface area contributed by atoms with Crippen LogP contribution in [0.5, 0.6) is 0 Å². The van der Waals surface area contributed by atoms with Gasteiger partial charge in [-0.2, -0.15) is 0 Å². The Hall–Kier alpha value is -1.90. The van der Waals surface area contributed by atoms with Crippen LogP contribution < -0.4 is 0 Å².